The molecule has 1 saturated carbocycles. The van der Waals surface area contributed by atoms with Gasteiger partial charge in [0, 0.05) is 19.6 Å². The molecular weight excluding hydrogens is 208 g/mol. The van der Waals surface area contributed by atoms with Crippen LogP contribution < -0.4 is 5.73 Å². The Morgan fingerprint density at radius 1 is 1.44 bits per heavy atom. The minimum atomic E-state index is -0.805. The van der Waals surface area contributed by atoms with Crippen molar-refractivity contribution in [2.75, 3.05) is 19.6 Å². The zero-order chi connectivity index (χ0) is 11.9. The normalized spacial score (nSPS) is 31.5. The molecular formula is C11H18N2O3. The lowest BCUT2D eigenvalue weighted by molar-refractivity contribution is -0.142. The van der Waals surface area contributed by atoms with Crippen LogP contribution in [0, 0.1) is 17.3 Å². The minimum absolute atomic E-state index is 0.0371. The SMILES string of the molecule is C[C@@H]1CN(C(=O)C2(CN)CC2)C[C@H]1C(=O)O. The highest BCUT2D eigenvalue weighted by atomic mass is 16.4. The number of aliphatic carboxylic acids is 1. The Bertz CT molecular complexity index is 325. The number of carboxylic acid groups (broad SMARTS) is 1. The van der Waals surface area contributed by atoms with Gasteiger partial charge in [0.2, 0.25) is 5.91 Å². The Kier molecular flexibility index (Phi) is 2.66. The molecule has 0 bridgehead atoms. The Hall–Kier alpha value is -1.10. The summed E-state index contributed by atoms with van der Waals surface area (Å²) in [4.78, 5) is 24.8. The number of rotatable bonds is 3. The first kappa shape index (κ1) is 11.4. The van der Waals surface area contributed by atoms with Gasteiger partial charge in [-0.1, -0.05) is 6.92 Å². The molecule has 2 atom stereocenters. The fraction of sp³-hybridized carbons (Fsp3) is 0.818. The molecule has 1 amide bonds. The second-order valence-electron chi connectivity index (χ2n) is 5.12. The fourth-order valence-electron chi connectivity index (χ4n) is 2.45. The third-order valence-corrected chi connectivity index (χ3v) is 3.91. The van der Waals surface area contributed by atoms with E-state index in [1.54, 1.807) is 4.90 Å². The highest BCUT2D eigenvalue weighted by Crippen LogP contribution is 2.47. The summed E-state index contributed by atoms with van der Waals surface area (Å²) in [5.41, 5.74) is 5.25. The maximum atomic E-state index is 12.1. The molecule has 0 aromatic rings. The number of hydrogen-bond donors (Lipinski definition) is 2. The molecule has 0 spiro atoms. The van der Waals surface area contributed by atoms with Crippen molar-refractivity contribution in [2.45, 2.75) is 19.8 Å². The number of amides is 1. The van der Waals surface area contributed by atoms with E-state index >= 15 is 0 Å². The number of likely N-dealkylation sites (tertiary alicyclic amines) is 1. The van der Waals surface area contributed by atoms with Crippen LogP contribution in [0.1, 0.15) is 19.8 Å². The lowest BCUT2D eigenvalue weighted by atomic mass is 9.99. The predicted octanol–water partition coefficient (Wildman–Crippen LogP) is -0.0956. The summed E-state index contributed by atoms with van der Waals surface area (Å²) in [5, 5.41) is 9.00. The van der Waals surface area contributed by atoms with Crippen molar-refractivity contribution < 1.29 is 14.7 Å². The lowest BCUT2D eigenvalue weighted by Crippen LogP contribution is -2.39. The van der Waals surface area contributed by atoms with Gasteiger partial charge < -0.3 is 15.7 Å². The highest BCUT2D eigenvalue weighted by Gasteiger charge is 2.52. The molecule has 1 aliphatic heterocycles. The van der Waals surface area contributed by atoms with Crippen LogP contribution in [0.25, 0.3) is 0 Å². The van der Waals surface area contributed by atoms with Crippen LogP contribution in [0.3, 0.4) is 0 Å². The first-order valence-corrected chi connectivity index (χ1v) is 5.72. The molecule has 16 heavy (non-hydrogen) atoms. The molecule has 0 aromatic heterocycles. The van der Waals surface area contributed by atoms with E-state index in [1.165, 1.54) is 0 Å². The zero-order valence-corrected chi connectivity index (χ0v) is 9.48. The summed E-state index contributed by atoms with van der Waals surface area (Å²) in [6.45, 7) is 3.16. The topological polar surface area (TPSA) is 83.6 Å². The maximum absolute atomic E-state index is 12.1. The summed E-state index contributed by atoms with van der Waals surface area (Å²) in [6, 6.07) is 0. The third kappa shape index (κ3) is 1.69. The van der Waals surface area contributed by atoms with Crippen molar-refractivity contribution >= 4 is 11.9 Å². The molecule has 1 aliphatic carbocycles. The molecule has 2 aliphatic rings. The third-order valence-electron chi connectivity index (χ3n) is 3.91. The maximum Gasteiger partial charge on any atom is 0.308 e. The fourth-order valence-corrected chi connectivity index (χ4v) is 2.45. The lowest BCUT2D eigenvalue weighted by Gasteiger charge is -2.21. The van der Waals surface area contributed by atoms with Crippen molar-refractivity contribution in [2.24, 2.45) is 23.0 Å². The number of hydrogen-bond acceptors (Lipinski definition) is 3. The summed E-state index contributed by atoms with van der Waals surface area (Å²) < 4.78 is 0. The highest BCUT2D eigenvalue weighted by molar-refractivity contribution is 5.86. The Balaban J connectivity index is 2.03. The zero-order valence-electron chi connectivity index (χ0n) is 9.48. The monoisotopic (exact) mass is 226 g/mol. The summed E-state index contributed by atoms with van der Waals surface area (Å²) >= 11 is 0. The van der Waals surface area contributed by atoms with Crippen LogP contribution in [0.5, 0.6) is 0 Å². The van der Waals surface area contributed by atoms with E-state index in [0.717, 1.165) is 12.8 Å². The average molecular weight is 226 g/mol. The van der Waals surface area contributed by atoms with Gasteiger partial charge >= 0.3 is 5.97 Å². The van der Waals surface area contributed by atoms with Gasteiger partial charge in [0.15, 0.2) is 0 Å². The molecule has 0 aromatic carbocycles. The van der Waals surface area contributed by atoms with Gasteiger partial charge in [-0.3, -0.25) is 9.59 Å². The van der Waals surface area contributed by atoms with Gasteiger partial charge in [-0.2, -0.15) is 0 Å². The van der Waals surface area contributed by atoms with E-state index in [2.05, 4.69) is 0 Å². The smallest absolute Gasteiger partial charge is 0.308 e. The molecule has 5 nitrogen and oxygen atoms in total. The van der Waals surface area contributed by atoms with E-state index in [9.17, 15) is 9.59 Å². The van der Waals surface area contributed by atoms with E-state index in [1.807, 2.05) is 6.92 Å². The van der Waals surface area contributed by atoms with Crippen LogP contribution in [0.4, 0.5) is 0 Å². The minimum Gasteiger partial charge on any atom is -0.481 e. The first-order valence-electron chi connectivity index (χ1n) is 5.72. The first-order chi connectivity index (χ1) is 7.50. The number of carboxylic acids is 1. The molecule has 2 fully saturated rings. The number of carbonyl (C=O) groups is 2. The van der Waals surface area contributed by atoms with Crippen molar-refractivity contribution in [1.82, 2.24) is 4.90 Å². The van der Waals surface area contributed by atoms with Gasteiger partial charge in [0.05, 0.1) is 11.3 Å². The van der Waals surface area contributed by atoms with Crippen LogP contribution in [0.15, 0.2) is 0 Å². The molecule has 5 heteroatoms. The van der Waals surface area contributed by atoms with Crippen LogP contribution >= 0.6 is 0 Å². The predicted molar refractivity (Wildman–Crippen MR) is 57.6 cm³/mol. The average Bonchev–Trinajstić information content (AvgIpc) is 2.95. The second kappa shape index (κ2) is 3.73. The number of carbonyl (C=O) groups excluding carboxylic acids is 1. The quantitative estimate of drug-likeness (QED) is 0.704. The number of nitrogens with two attached hydrogens (primary N) is 1. The standard InChI is InChI=1S/C11H18N2O3/c1-7-4-13(5-8(7)9(14)15)10(16)11(6-12)2-3-11/h7-8H,2-6,12H2,1H3,(H,14,15)/t7-,8-/m1/s1. The van der Waals surface area contributed by atoms with Crippen molar-refractivity contribution in [3.05, 3.63) is 0 Å². The largest absolute Gasteiger partial charge is 0.481 e. The van der Waals surface area contributed by atoms with Gasteiger partial charge in [-0.15, -0.1) is 0 Å². The molecule has 3 N–H and O–H groups in total. The molecule has 1 heterocycles. The number of nitrogens with zero attached hydrogens (tertiary/aromatic N) is 1. The van der Waals surface area contributed by atoms with E-state index in [0.29, 0.717) is 19.6 Å². The molecule has 2 rings (SSSR count). The summed E-state index contributed by atoms with van der Waals surface area (Å²) in [5.74, 6) is -1.13. The Morgan fingerprint density at radius 2 is 2.06 bits per heavy atom. The van der Waals surface area contributed by atoms with Gasteiger partial charge in [0.1, 0.15) is 0 Å². The molecule has 0 unspecified atom stereocenters. The van der Waals surface area contributed by atoms with Crippen LogP contribution in [-0.4, -0.2) is 41.5 Å². The van der Waals surface area contributed by atoms with Gasteiger partial charge in [-0.25, -0.2) is 0 Å². The van der Waals surface area contributed by atoms with Gasteiger partial charge in [0.25, 0.3) is 0 Å². The summed E-state index contributed by atoms with van der Waals surface area (Å²) in [6.07, 6.45) is 1.70. The van der Waals surface area contributed by atoms with E-state index in [4.69, 9.17) is 10.8 Å². The van der Waals surface area contributed by atoms with Gasteiger partial charge in [-0.05, 0) is 18.8 Å². The van der Waals surface area contributed by atoms with Crippen LogP contribution in [-0.2, 0) is 9.59 Å². The Labute approximate surface area is 94.6 Å². The van der Waals surface area contributed by atoms with Crippen molar-refractivity contribution in [3.63, 3.8) is 0 Å². The molecule has 1 saturated heterocycles. The molecule has 90 valence electrons. The second-order valence-corrected chi connectivity index (χ2v) is 5.12. The van der Waals surface area contributed by atoms with Crippen molar-refractivity contribution in [1.29, 1.82) is 0 Å². The molecule has 0 radical (unpaired) electrons. The Morgan fingerprint density at radius 3 is 2.44 bits per heavy atom. The van der Waals surface area contributed by atoms with Crippen molar-refractivity contribution in [3.8, 4) is 0 Å². The van der Waals surface area contributed by atoms with E-state index in [-0.39, 0.29) is 17.2 Å². The van der Waals surface area contributed by atoms with Crippen LogP contribution in [0.2, 0.25) is 0 Å². The van der Waals surface area contributed by atoms with E-state index < -0.39 is 11.9 Å². The summed E-state index contributed by atoms with van der Waals surface area (Å²) in [7, 11) is 0.